The minimum Gasteiger partial charge on any atom is -0.495 e. The summed E-state index contributed by atoms with van der Waals surface area (Å²) >= 11 is 0. The molecule has 1 N–H and O–H groups in total. The molecule has 12 nitrogen and oxygen atoms in total. The van der Waals surface area contributed by atoms with Crippen molar-refractivity contribution in [3.8, 4) is 5.75 Å². The molecule has 0 saturated carbocycles. The van der Waals surface area contributed by atoms with Gasteiger partial charge in [0.15, 0.2) is 0 Å². The molecular weight excluding hydrogens is 572 g/mol. The van der Waals surface area contributed by atoms with E-state index in [0.29, 0.717) is 42.7 Å². The molecule has 0 radical (unpaired) electrons. The van der Waals surface area contributed by atoms with Gasteiger partial charge in [0.05, 0.1) is 43.6 Å². The van der Waals surface area contributed by atoms with Crippen LogP contribution in [-0.4, -0.2) is 96.3 Å². The fraction of sp³-hybridized carbons (Fsp3) is 0.455. The minimum absolute atomic E-state index is 0.181. The number of nitrogens with zero attached hydrogens (tertiary/aromatic N) is 7. The monoisotopic (exact) mass is 613 g/mol. The zero-order valence-electron chi connectivity index (χ0n) is 26.8. The number of hydrogen-bond acceptors (Lipinski definition) is 9. The van der Waals surface area contributed by atoms with E-state index in [1.54, 1.807) is 30.2 Å². The highest BCUT2D eigenvalue weighted by Gasteiger charge is 2.41. The number of fused-ring (bicyclic) bond motifs is 2. The maximum absolute atomic E-state index is 13.9. The molecule has 1 atom stereocenters. The molecule has 1 saturated heterocycles. The van der Waals surface area contributed by atoms with Crippen molar-refractivity contribution in [3.63, 3.8) is 0 Å². The maximum Gasteiger partial charge on any atom is 0.414 e. The molecule has 1 aliphatic carbocycles. The van der Waals surface area contributed by atoms with Crippen LogP contribution >= 0.6 is 0 Å². The Kier molecular flexibility index (Phi) is 8.11. The number of methoxy groups -OCH3 is 1. The molecule has 12 heteroatoms. The van der Waals surface area contributed by atoms with E-state index in [0.717, 1.165) is 48.7 Å². The van der Waals surface area contributed by atoms with Gasteiger partial charge < -0.3 is 24.2 Å². The Morgan fingerprint density at radius 1 is 1.09 bits per heavy atom. The lowest BCUT2D eigenvalue weighted by molar-refractivity contribution is 0.0571. The van der Waals surface area contributed by atoms with Crippen LogP contribution in [0, 0.1) is 6.08 Å². The summed E-state index contributed by atoms with van der Waals surface area (Å²) in [4.78, 5) is 46.0. The van der Waals surface area contributed by atoms with E-state index in [1.165, 1.54) is 0 Å². The van der Waals surface area contributed by atoms with E-state index in [4.69, 9.17) is 14.5 Å². The first kappa shape index (κ1) is 30.4. The highest BCUT2D eigenvalue weighted by molar-refractivity contribution is 5.95. The van der Waals surface area contributed by atoms with Gasteiger partial charge >= 0.3 is 12.1 Å². The fourth-order valence-electron chi connectivity index (χ4n) is 6.12. The summed E-state index contributed by atoms with van der Waals surface area (Å²) in [5.41, 5.74) is 3.52. The van der Waals surface area contributed by atoms with Gasteiger partial charge in [0.2, 0.25) is 11.6 Å². The molecule has 3 aliphatic heterocycles. The standard InChI is InChI=1S/C33H41N8O4/c1-33(2,3)45-32(43)40-15-14-26(25-8-7-9-27(44-6)28(25)40)41-21-22-20-34-30(36-29(22)38(5)31(41)42)35-23-10-12-24(13-11-23)39-18-16-37(4)17-19-39/h7-10,12-13,20,26H,14-19,21H2,1-6H3,(H,34,35,36)/q+1/t26-/m1/s1. The number of benzene rings is 1. The van der Waals surface area contributed by atoms with Gasteiger partial charge in [0, 0.05) is 57.1 Å². The second-order valence-corrected chi connectivity index (χ2v) is 12.7. The first-order valence-corrected chi connectivity index (χ1v) is 15.3. The summed E-state index contributed by atoms with van der Waals surface area (Å²) in [5.74, 6) is 1.50. The Bertz CT molecular complexity index is 1570. The van der Waals surface area contributed by atoms with Gasteiger partial charge in [-0.25, -0.2) is 14.6 Å². The van der Waals surface area contributed by atoms with E-state index in [2.05, 4.69) is 39.3 Å². The second-order valence-electron chi connectivity index (χ2n) is 12.7. The first-order valence-electron chi connectivity index (χ1n) is 15.3. The predicted molar refractivity (Wildman–Crippen MR) is 172 cm³/mol. The number of carbonyl (C=O) groups is 2. The first-order chi connectivity index (χ1) is 21.5. The fourth-order valence-corrected chi connectivity index (χ4v) is 6.12. The number of urea groups is 1. The summed E-state index contributed by atoms with van der Waals surface area (Å²) in [6, 6.07) is 5.17. The molecule has 236 valence electrons. The van der Waals surface area contributed by atoms with Crippen LogP contribution in [0.25, 0.3) is 0 Å². The number of carbonyl (C=O) groups excluding carboxylic acids is 2. The number of likely N-dealkylation sites (N-methyl/N-ethyl adjacent to an activating group) is 1. The minimum atomic E-state index is -0.648. The summed E-state index contributed by atoms with van der Waals surface area (Å²) in [6.45, 7) is 10.3. The van der Waals surface area contributed by atoms with Crippen molar-refractivity contribution in [3.05, 3.63) is 71.2 Å². The van der Waals surface area contributed by atoms with Gasteiger partial charge in [0.1, 0.15) is 28.9 Å². The van der Waals surface area contributed by atoms with Crippen LogP contribution < -0.4 is 19.9 Å². The molecule has 1 aromatic carbocycles. The second kappa shape index (κ2) is 12.0. The van der Waals surface area contributed by atoms with Crippen LogP contribution in [0.1, 0.15) is 44.4 Å². The number of aromatic nitrogens is 2. The van der Waals surface area contributed by atoms with E-state index in [9.17, 15) is 9.59 Å². The molecule has 4 aliphatic rings. The van der Waals surface area contributed by atoms with Crippen molar-refractivity contribution in [1.29, 1.82) is 0 Å². The zero-order chi connectivity index (χ0) is 31.9. The van der Waals surface area contributed by atoms with Gasteiger partial charge in [-0.2, -0.15) is 4.98 Å². The third-order valence-electron chi connectivity index (χ3n) is 8.44. The average Bonchev–Trinajstić information content (AvgIpc) is 3.02. The lowest BCUT2D eigenvalue weighted by atomic mass is 9.93. The number of amides is 3. The van der Waals surface area contributed by atoms with Crippen molar-refractivity contribution < 1.29 is 19.1 Å². The van der Waals surface area contributed by atoms with E-state index in [-0.39, 0.29) is 12.1 Å². The van der Waals surface area contributed by atoms with Gasteiger partial charge in [-0.1, -0.05) is 12.1 Å². The van der Waals surface area contributed by atoms with Gasteiger partial charge in [-0.3, -0.25) is 15.1 Å². The molecule has 0 spiro atoms. The molecule has 6 rings (SSSR count). The van der Waals surface area contributed by atoms with Crippen molar-refractivity contribution in [2.24, 2.45) is 0 Å². The number of nitrogens with one attached hydrogen (secondary N) is 1. The number of allylic oxidation sites excluding steroid dienone is 4. The molecule has 45 heavy (non-hydrogen) atoms. The van der Waals surface area contributed by atoms with Gasteiger partial charge in [-0.15, -0.1) is 0 Å². The summed E-state index contributed by atoms with van der Waals surface area (Å²) < 4.78 is 11.4. The molecule has 4 heterocycles. The molecule has 2 aromatic rings. The lowest BCUT2D eigenvalue weighted by Gasteiger charge is -2.43. The van der Waals surface area contributed by atoms with Crippen LogP contribution in [0.3, 0.4) is 0 Å². The SMILES string of the molecule is COc1cccc2c1N(C(=O)OC(C)(C)C)CC[C@H]2N1Cc2cnc(NC3=[C+]C=C(N4CCN(C)CC4)C=C3)nc2N(C)C1=O. The van der Waals surface area contributed by atoms with Gasteiger partial charge in [-0.05, 0) is 40.3 Å². The third kappa shape index (κ3) is 6.16. The molecule has 1 aromatic heterocycles. The average molecular weight is 614 g/mol. The summed E-state index contributed by atoms with van der Waals surface area (Å²) in [6.07, 6.45) is 11.2. The zero-order valence-corrected chi connectivity index (χ0v) is 26.8. The van der Waals surface area contributed by atoms with Crippen LogP contribution in [-0.2, 0) is 11.3 Å². The number of para-hydroxylation sites is 1. The topological polar surface area (TPSA) is 107 Å². The number of anilines is 3. The summed E-state index contributed by atoms with van der Waals surface area (Å²) in [7, 11) is 5.44. The Morgan fingerprint density at radius 3 is 2.56 bits per heavy atom. The highest BCUT2D eigenvalue weighted by atomic mass is 16.6. The molecular formula is C33H41N8O4+. The van der Waals surface area contributed by atoms with Crippen LogP contribution in [0.5, 0.6) is 5.75 Å². The number of piperazine rings is 1. The largest absolute Gasteiger partial charge is 0.495 e. The predicted octanol–water partition coefficient (Wildman–Crippen LogP) is 4.54. The van der Waals surface area contributed by atoms with Crippen molar-refractivity contribution in [1.82, 2.24) is 24.7 Å². The van der Waals surface area contributed by atoms with Crippen molar-refractivity contribution in [2.75, 3.05) is 69.0 Å². The van der Waals surface area contributed by atoms with Crippen molar-refractivity contribution >= 4 is 29.6 Å². The normalized spacial score (nSPS) is 20.1. The Balaban J connectivity index is 1.21. The lowest BCUT2D eigenvalue weighted by Crippen LogP contribution is -2.50. The van der Waals surface area contributed by atoms with E-state index < -0.39 is 11.7 Å². The Labute approximate surface area is 264 Å². The summed E-state index contributed by atoms with van der Waals surface area (Å²) in [5, 5.41) is 3.24. The van der Waals surface area contributed by atoms with Crippen LogP contribution in [0.2, 0.25) is 0 Å². The highest BCUT2D eigenvalue weighted by Crippen LogP contribution is 2.45. The number of hydrogen-bond donors (Lipinski definition) is 1. The molecule has 0 bridgehead atoms. The number of ether oxygens (including phenoxy) is 2. The van der Waals surface area contributed by atoms with Crippen molar-refractivity contribution in [2.45, 2.75) is 45.4 Å². The van der Waals surface area contributed by atoms with E-state index >= 15 is 0 Å². The van der Waals surface area contributed by atoms with Crippen LogP contribution in [0.4, 0.5) is 27.0 Å². The molecule has 3 amide bonds. The quantitative estimate of drug-likeness (QED) is 0.487. The van der Waals surface area contributed by atoms with Gasteiger partial charge in [0.25, 0.3) is 0 Å². The Hall–Kier alpha value is -4.67. The van der Waals surface area contributed by atoms with E-state index in [1.807, 2.05) is 56.0 Å². The third-order valence-corrected chi connectivity index (χ3v) is 8.44. The maximum atomic E-state index is 13.9. The molecule has 0 unspecified atom stereocenters. The van der Waals surface area contributed by atoms with Crippen LogP contribution in [0.15, 0.2) is 54.0 Å². The Morgan fingerprint density at radius 2 is 1.87 bits per heavy atom. The number of rotatable bonds is 5. The molecule has 1 fully saturated rings. The smallest absolute Gasteiger partial charge is 0.414 e.